The van der Waals surface area contributed by atoms with Crippen molar-refractivity contribution in [3.63, 3.8) is 0 Å². The number of nitrogens with two attached hydrogens (primary N) is 1. The Labute approximate surface area is 95.5 Å². The van der Waals surface area contributed by atoms with Crippen LogP contribution >= 0.6 is 0 Å². The van der Waals surface area contributed by atoms with Crippen molar-refractivity contribution in [2.75, 3.05) is 0 Å². The van der Waals surface area contributed by atoms with Crippen LogP contribution in [0.2, 0.25) is 0 Å². The van der Waals surface area contributed by atoms with Gasteiger partial charge in [-0.15, -0.1) is 0 Å². The lowest BCUT2D eigenvalue weighted by atomic mass is 10.0. The van der Waals surface area contributed by atoms with E-state index in [4.69, 9.17) is 5.73 Å². The highest BCUT2D eigenvalue weighted by atomic mass is 14.7. The fourth-order valence-electron chi connectivity index (χ4n) is 1.45. The van der Waals surface area contributed by atoms with Gasteiger partial charge in [0.15, 0.2) is 0 Å². The molecule has 0 aliphatic rings. The van der Waals surface area contributed by atoms with Crippen molar-refractivity contribution in [3.8, 4) is 11.8 Å². The molecule has 0 radical (unpaired) electrons. The summed E-state index contributed by atoms with van der Waals surface area (Å²) in [7, 11) is 0. The Morgan fingerprint density at radius 1 is 1.25 bits per heavy atom. The molecule has 0 atom stereocenters. The van der Waals surface area contributed by atoms with Crippen LogP contribution in [0.3, 0.4) is 0 Å². The Balaban J connectivity index is 2.56. The maximum atomic E-state index is 5.84. The minimum absolute atomic E-state index is 0.468. The summed E-state index contributed by atoms with van der Waals surface area (Å²) in [6, 6.07) is 8.02. The Kier molecular flexibility index (Phi) is 2.64. The number of fused-ring (bicyclic) bond motifs is 1. The first kappa shape index (κ1) is 10.7. The van der Waals surface area contributed by atoms with Gasteiger partial charge in [0, 0.05) is 23.3 Å². The zero-order chi connectivity index (χ0) is 11.6. The predicted molar refractivity (Wildman–Crippen MR) is 66.9 cm³/mol. The molecule has 0 saturated heterocycles. The topological polar surface area (TPSA) is 38.9 Å². The molecule has 0 fully saturated rings. The van der Waals surface area contributed by atoms with Crippen molar-refractivity contribution in [3.05, 3.63) is 42.2 Å². The van der Waals surface area contributed by atoms with Gasteiger partial charge in [0.25, 0.3) is 0 Å². The maximum absolute atomic E-state index is 5.84. The highest BCUT2D eigenvalue weighted by Crippen LogP contribution is 2.16. The average molecular weight is 210 g/mol. The van der Waals surface area contributed by atoms with Gasteiger partial charge in [-0.25, -0.2) is 0 Å². The fourth-order valence-corrected chi connectivity index (χ4v) is 1.45. The molecule has 80 valence electrons. The van der Waals surface area contributed by atoms with Gasteiger partial charge in [-0.2, -0.15) is 0 Å². The Morgan fingerprint density at radius 3 is 2.81 bits per heavy atom. The van der Waals surface area contributed by atoms with Crippen LogP contribution in [0.4, 0.5) is 0 Å². The lowest BCUT2D eigenvalue weighted by Crippen LogP contribution is -2.29. The maximum Gasteiger partial charge on any atom is 0.0722 e. The lowest BCUT2D eigenvalue weighted by molar-refractivity contribution is 0.680. The molecule has 0 bridgehead atoms. The van der Waals surface area contributed by atoms with Gasteiger partial charge >= 0.3 is 0 Å². The number of rotatable bonds is 0. The van der Waals surface area contributed by atoms with Crippen molar-refractivity contribution in [1.29, 1.82) is 0 Å². The Hall–Kier alpha value is -1.85. The van der Waals surface area contributed by atoms with Crippen LogP contribution in [-0.2, 0) is 0 Å². The smallest absolute Gasteiger partial charge is 0.0722 e. The second-order valence-electron chi connectivity index (χ2n) is 4.37. The van der Waals surface area contributed by atoms with E-state index >= 15 is 0 Å². The quantitative estimate of drug-likeness (QED) is 0.678. The summed E-state index contributed by atoms with van der Waals surface area (Å²) in [5, 5.41) is 2.22. The van der Waals surface area contributed by atoms with Crippen LogP contribution < -0.4 is 5.73 Å². The van der Waals surface area contributed by atoms with Crippen molar-refractivity contribution < 1.29 is 0 Å². The summed E-state index contributed by atoms with van der Waals surface area (Å²) in [5.74, 6) is 6.14. The second-order valence-corrected chi connectivity index (χ2v) is 4.37. The molecule has 0 unspecified atom stereocenters. The van der Waals surface area contributed by atoms with Crippen LogP contribution in [-0.4, -0.2) is 10.5 Å². The second kappa shape index (κ2) is 3.96. The van der Waals surface area contributed by atoms with Crippen LogP contribution in [0.25, 0.3) is 10.8 Å². The minimum Gasteiger partial charge on any atom is -0.316 e. The van der Waals surface area contributed by atoms with Crippen LogP contribution in [0.1, 0.15) is 19.4 Å². The van der Waals surface area contributed by atoms with E-state index in [9.17, 15) is 0 Å². The predicted octanol–water partition coefficient (Wildman–Crippen LogP) is 2.32. The number of nitrogens with zero attached hydrogens (tertiary/aromatic N) is 1. The van der Waals surface area contributed by atoms with Gasteiger partial charge in [-0.3, -0.25) is 4.98 Å². The summed E-state index contributed by atoms with van der Waals surface area (Å²) in [6.45, 7) is 3.78. The molecule has 0 aliphatic heterocycles. The number of aromatic nitrogens is 1. The summed E-state index contributed by atoms with van der Waals surface area (Å²) in [5.41, 5.74) is 6.35. The molecule has 2 heteroatoms. The average Bonchev–Trinajstić information content (AvgIpc) is 2.25. The molecule has 2 aromatic rings. The summed E-state index contributed by atoms with van der Waals surface area (Å²) in [6.07, 6.45) is 3.62. The summed E-state index contributed by atoms with van der Waals surface area (Å²) < 4.78 is 0. The van der Waals surface area contributed by atoms with E-state index in [1.165, 1.54) is 0 Å². The molecular weight excluding hydrogens is 196 g/mol. The number of hydrogen-bond acceptors (Lipinski definition) is 2. The molecular formula is C14H14N2. The zero-order valence-electron chi connectivity index (χ0n) is 9.49. The van der Waals surface area contributed by atoms with Crippen molar-refractivity contribution >= 4 is 10.8 Å². The van der Waals surface area contributed by atoms with E-state index in [1.807, 2.05) is 38.2 Å². The molecule has 2 N–H and O–H groups in total. The molecule has 0 aliphatic carbocycles. The summed E-state index contributed by atoms with van der Waals surface area (Å²) >= 11 is 0. The standard InChI is InChI=1S/C14H14N2/c1-14(2,15)8-6-11-4-3-5-12-7-9-16-10-13(11)12/h3-5,7,9-10H,15H2,1-2H3. The van der Waals surface area contributed by atoms with Gasteiger partial charge in [-0.1, -0.05) is 24.0 Å². The van der Waals surface area contributed by atoms with Gasteiger partial charge in [0.1, 0.15) is 0 Å². The van der Waals surface area contributed by atoms with Crippen LogP contribution in [0, 0.1) is 11.8 Å². The van der Waals surface area contributed by atoms with E-state index in [-0.39, 0.29) is 0 Å². The first-order chi connectivity index (χ1) is 7.56. The third-order valence-electron chi connectivity index (χ3n) is 2.20. The van der Waals surface area contributed by atoms with E-state index < -0.39 is 5.54 Å². The zero-order valence-corrected chi connectivity index (χ0v) is 9.49. The molecule has 1 aromatic carbocycles. The van der Waals surface area contributed by atoms with Crippen LogP contribution in [0.5, 0.6) is 0 Å². The molecule has 16 heavy (non-hydrogen) atoms. The number of benzene rings is 1. The van der Waals surface area contributed by atoms with Crippen molar-refractivity contribution in [2.24, 2.45) is 5.73 Å². The highest BCUT2D eigenvalue weighted by Gasteiger charge is 2.04. The monoisotopic (exact) mass is 210 g/mol. The van der Waals surface area contributed by atoms with Gasteiger partial charge < -0.3 is 5.73 Å². The van der Waals surface area contributed by atoms with Gasteiger partial charge in [-0.05, 0) is 31.4 Å². The lowest BCUT2D eigenvalue weighted by Gasteiger charge is -2.07. The van der Waals surface area contributed by atoms with Crippen molar-refractivity contribution in [1.82, 2.24) is 4.98 Å². The fraction of sp³-hybridized carbons (Fsp3) is 0.214. The first-order valence-corrected chi connectivity index (χ1v) is 5.21. The normalized spacial score (nSPS) is 10.9. The number of pyridine rings is 1. The Bertz CT molecular complexity index is 563. The minimum atomic E-state index is -0.468. The molecule has 1 aromatic heterocycles. The van der Waals surface area contributed by atoms with E-state index in [2.05, 4.69) is 22.9 Å². The van der Waals surface area contributed by atoms with Gasteiger partial charge in [0.05, 0.1) is 5.54 Å². The first-order valence-electron chi connectivity index (χ1n) is 5.21. The molecule has 0 saturated carbocycles. The molecule has 2 rings (SSSR count). The van der Waals surface area contributed by atoms with E-state index in [0.29, 0.717) is 0 Å². The third kappa shape index (κ3) is 2.39. The third-order valence-corrected chi connectivity index (χ3v) is 2.20. The molecule has 1 heterocycles. The SMILES string of the molecule is CC(C)(N)C#Cc1cccc2ccncc12. The Morgan fingerprint density at radius 2 is 2.06 bits per heavy atom. The van der Waals surface area contributed by atoms with Gasteiger partial charge in [0.2, 0.25) is 0 Å². The highest BCUT2D eigenvalue weighted by molar-refractivity contribution is 5.87. The molecule has 2 nitrogen and oxygen atoms in total. The van der Waals surface area contributed by atoms with Crippen molar-refractivity contribution in [2.45, 2.75) is 19.4 Å². The van der Waals surface area contributed by atoms with E-state index in [1.54, 1.807) is 6.20 Å². The van der Waals surface area contributed by atoms with Crippen LogP contribution in [0.15, 0.2) is 36.7 Å². The number of hydrogen-bond donors (Lipinski definition) is 1. The summed E-state index contributed by atoms with van der Waals surface area (Å²) in [4.78, 5) is 4.12. The molecule has 0 amide bonds. The largest absolute Gasteiger partial charge is 0.316 e. The van der Waals surface area contributed by atoms with E-state index in [0.717, 1.165) is 16.3 Å². The molecule has 0 spiro atoms.